The van der Waals surface area contributed by atoms with Crippen molar-refractivity contribution in [3.8, 4) is 6.07 Å². The van der Waals surface area contributed by atoms with Gasteiger partial charge in [0.2, 0.25) is 11.0 Å². The van der Waals surface area contributed by atoms with Gasteiger partial charge in [0.05, 0.1) is 23.3 Å². The largest absolute Gasteiger partial charge is 0.384 e. The van der Waals surface area contributed by atoms with Crippen molar-refractivity contribution >= 4 is 39.9 Å². The van der Waals surface area contributed by atoms with Gasteiger partial charge in [-0.05, 0) is 43.4 Å². The molecule has 2 heterocycles. The first-order valence-electron chi connectivity index (χ1n) is 12.4. The number of Topliss-reactive ketones (excluding diaryl/α,β-unsaturated/α-hetero) is 1. The molecule has 192 valence electrons. The van der Waals surface area contributed by atoms with Crippen molar-refractivity contribution in [3.63, 3.8) is 0 Å². The fraction of sp³-hybridized carbons (Fsp3) is 0.423. The van der Waals surface area contributed by atoms with Crippen LogP contribution in [0.5, 0.6) is 0 Å². The summed E-state index contributed by atoms with van der Waals surface area (Å²) in [6.07, 6.45) is 7.18. The Morgan fingerprint density at radius 3 is 2.68 bits per heavy atom. The molecule has 3 N–H and O–H groups in total. The van der Waals surface area contributed by atoms with E-state index in [0.717, 1.165) is 25.7 Å². The molecule has 1 aliphatic heterocycles. The first-order chi connectivity index (χ1) is 18.0. The van der Waals surface area contributed by atoms with Crippen molar-refractivity contribution in [1.82, 2.24) is 15.5 Å². The van der Waals surface area contributed by atoms with Gasteiger partial charge < -0.3 is 11.1 Å². The number of nitrogens with zero attached hydrogens (tertiary/aromatic N) is 4. The van der Waals surface area contributed by atoms with Gasteiger partial charge in [-0.2, -0.15) is 5.26 Å². The number of anilines is 1. The minimum absolute atomic E-state index is 0.0252. The molecule has 0 spiro atoms. The van der Waals surface area contributed by atoms with Crippen LogP contribution in [0, 0.1) is 17.1 Å². The fourth-order valence-corrected chi connectivity index (χ4v) is 6.98. The maximum Gasteiger partial charge on any atom is 0.230 e. The topological polar surface area (TPSA) is 125 Å². The van der Waals surface area contributed by atoms with Gasteiger partial charge in [0, 0.05) is 23.7 Å². The summed E-state index contributed by atoms with van der Waals surface area (Å²) >= 11 is 2.57. The molecule has 0 bridgehead atoms. The van der Waals surface area contributed by atoms with Crippen LogP contribution in [0.2, 0.25) is 0 Å². The number of carbonyl (C=O) groups excluding carboxylic acids is 2. The molecule has 1 aromatic carbocycles. The minimum atomic E-state index is -0.658. The Labute approximate surface area is 222 Å². The van der Waals surface area contributed by atoms with E-state index in [1.54, 1.807) is 17.0 Å². The normalized spacial score (nSPS) is 20.6. The van der Waals surface area contributed by atoms with Crippen molar-refractivity contribution in [1.29, 1.82) is 5.26 Å². The molecule has 1 aromatic heterocycles. The van der Waals surface area contributed by atoms with Crippen molar-refractivity contribution in [2.45, 2.75) is 67.7 Å². The number of benzene rings is 1. The molecule has 2 aromatic rings. The number of amides is 1. The number of aromatic nitrogens is 2. The van der Waals surface area contributed by atoms with Gasteiger partial charge in [-0.1, -0.05) is 54.5 Å². The van der Waals surface area contributed by atoms with Crippen LogP contribution in [0.3, 0.4) is 0 Å². The number of hydrogen-bond donors (Lipinski definition) is 2. The lowest BCUT2D eigenvalue weighted by atomic mass is 9.76. The Balaban J connectivity index is 1.40. The molecule has 1 unspecified atom stereocenters. The average molecular weight is 539 g/mol. The number of carbonyl (C=O) groups is 2. The highest BCUT2D eigenvalue weighted by molar-refractivity contribution is 8.01. The lowest BCUT2D eigenvalue weighted by Crippen LogP contribution is -2.38. The van der Waals surface area contributed by atoms with Crippen LogP contribution in [0.25, 0.3) is 0 Å². The zero-order valence-corrected chi connectivity index (χ0v) is 21.8. The van der Waals surface area contributed by atoms with E-state index in [1.807, 2.05) is 0 Å². The van der Waals surface area contributed by atoms with Gasteiger partial charge in [0.1, 0.15) is 11.6 Å². The van der Waals surface area contributed by atoms with Gasteiger partial charge in [-0.25, -0.2) is 4.39 Å². The first-order valence-corrected chi connectivity index (χ1v) is 14.2. The van der Waals surface area contributed by atoms with Crippen LogP contribution in [-0.2, 0) is 9.59 Å². The van der Waals surface area contributed by atoms with Crippen molar-refractivity contribution in [3.05, 3.63) is 58.3 Å². The Kier molecular flexibility index (Phi) is 7.58. The SMILES string of the molecule is N#CC1=C(N)N(c2nnc(SCC(=O)NC3CCCCC3)s2)C2=C(C(=O)CCC2)C1c1ccc(F)cc1. The number of nitriles is 1. The molecule has 1 atom stereocenters. The second-order valence-corrected chi connectivity index (χ2v) is 11.6. The lowest BCUT2D eigenvalue weighted by molar-refractivity contribution is -0.119. The maximum absolute atomic E-state index is 13.6. The Bertz CT molecular complexity index is 1310. The Morgan fingerprint density at radius 2 is 1.95 bits per heavy atom. The highest BCUT2D eigenvalue weighted by atomic mass is 32.2. The molecule has 11 heteroatoms. The van der Waals surface area contributed by atoms with Crippen LogP contribution in [0.1, 0.15) is 62.8 Å². The molecule has 0 saturated heterocycles. The van der Waals surface area contributed by atoms with E-state index >= 15 is 0 Å². The van der Waals surface area contributed by atoms with Crippen molar-refractivity contribution in [2.75, 3.05) is 10.7 Å². The summed E-state index contributed by atoms with van der Waals surface area (Å²) in [7, 11) is 0. The molecule has 5 rings (SSSR count). The zero-order valence-electron chi connectivity index (χ0n) is 20.2. The summed E-state index contributed by atoms with van der Waals surface area (Å²) in [5.41, 5.74) is 8.60. The van der Waals surface area contributed by atoms with E-state index in [0.29, 0.717) is 45.6 Å². The van der Waals surface area contributed by atoms with E-state index in [2.05, 4.69) is 21.6 Å². The molecule has 1 amide bonds. The average Bonchev–Trinajstić information content (AvgIpc) is 3.36. The predicted octanol–water partition coefficient (Wildman–Crippen LogP) is 4.52. The molecular formula is C26H27FN6O2S2. The van der Waals surface area contributed by atoms with Gasteiger partial charge in [-0.15, -0.1) is 10.2 Å². The molecule has 1 fully saturated rings. The van der Waals surface area contributed by atoms with E-state index in [9.17, 15) is 19.2 Å². The summed E-state index contributed by atoms with van der Waals surface area (Å²) in [6.45, 7) is 0. The van der Waals surface area contributed by atoms with Crippen molar-refractivity contribution < 1.29 is 14.0 Å². The first kappa shape index (κ1) is 25.4. The van der Waals surface area contributed by atoms with Crippen LogP contribution < -0.4 is 16.0 Å². The van der Waals surface area contributed by atoms with E-state index in [4.69, 9.17) is 5.73 Å². The maximum atomic E-state index is 13.6. The van der Waals surface area contributed by atoms with Gasteiger partial charge >= 0.3 is 0 Å². The number of thioether (sulfide) groups is 1. The Morgan fingerprint density at radius 1 is 1.19 bits per heavy atom. The smallest absolute Gasteiger partial charge is 0.230 e. The highest BCUT2D eigenvalue weighted by Crippen LogP contribution is 2.47. The molecule has 8 nitrogen and oxygen atoms in total. The third-order valence-electron chi connectivity index (χ3n) is 7.00. The minimum Gasteiger partial charge on any atom is -0.384 e. The second kappa shape index (κ2) is 11.0. The fourth-order valence-electron chi connectivity index (χ4n) is 5.29. The molecule has 1 saturated carbocycles. The van der Waals surface area contributed by atoms with Crippen LogP contribution >= 0.6 is 23.1 Å². The third-order valence-corrected chi connectivity index (χ3v) is 9.04. The number of nitrogens with one attached hydrogen (secondary N) is 1. The number of hydrogen-bond acceptors (Lipinski definition) is 9. The summed E-state index contributed by atoms with van der Waals surface area (Å²) in [4.78, 5) is 27.2. The lowest BCUT2D eigenvalue weighted by Gasteiger charge is -2.38. The molecule has 3 aliphatic rings. The van der Waals surface area contributed by atoms with Gasteiger partial charge in [-0.3, -0.25) is 14.5 Å². The van der Waals surface area contributed by atoms with E-state index in [-0.39, 0.29) is 34.9 Å². The highest BCUT2D eigenvalue weighted by Gasteiger charge is 2.41. The molecule has 2 aliphatic carbocycles. The summed E-state index contributed by atoms with van der Waals surface area (Å²) in [5, 5.41) is 22.2. The zero-order chi connectivity index (χ0) is 25.9. The quantitative estimate of drug-likeness (QED) is 0.514. The molecule has 0 radical (unpaired) electrons. The number of halogens is 1. The summed E-state index contributed by atoms with van der Waals surface area (Å²) in [6, 6.07) is 8.25. The van der Waals surface area contributed by atoms with E-state index < -0.39 is 11.7 Å². The second-order valence-electron chi connectivity index (χ2n) is 9.41. The molecular weight excluding hydrogens is 511 g/mol. The monoisotopic (exact) mass is 538 g/mol. The van der Waals surface area contributed by atoms with Crippen LogP contribution in [-0.4, -0.2) is 33.7 Å². The number of allylic oxidation sites excluding steroid dienone is 3. The Hall–Kier alpha value is -3.23. The summed E-state index contributed by atoms with van der Waals surface area (Å²) < 4.78 is 14.2. The standard InChI is InChI=1S/C26H27FN6O2S2/c27-16-11-9-15(10-12-16)22-18(13-28)24(29)33(19-7-4-8-20(34)23(19)22)25-31-32-26(37-25)36-14-21(35)30-17-5-2-1-3-6-17/h9-12,17,22H,1-8,14,29H2,(H,30,35). The number of ketones is 1. The van der Waals surface area contributed by atoms with Gasteiger partial charge in [0.15, 0.2) is 10.1 Å². The van der Waals surface area contributed by atoms with Gasteiger partial charge in [0.25, 0.3) is 0 Å². The van der Waals surface area contributed by atoms with Crippen molar-refractivity contribution in [2.24, 2.45) is 5.73 Å². The summed E-state index contributed by atoms with van der Waals surface area (Å²) in [5.74, 6) is -0.712. The third kappa shape index (κ3) is 5.26. The van der Waals surface area contributed by atoms with Crippen LogP contribution in [0.4, 0.5) is 9.52 Å². The van der Waals surface area contributed by atoms with E-state index in [1.165, 1.54) is 41.7 Å². The number of rotatable bonds is 6. The number of nitrogens with two attached hydrogens (primary N) is 1. The predicted molar refractivity (Wildman–Crippen MR) is 140 cm³/mol. The molecule has 37 heavy (non-hydrogen) atoms. The van der Waals surface area contributed by atoms with Crippen LogP contribution in [0.15, 0.2) is 51.3 Å².